The molecular weight excluding hydrogens is 140 g/mol. The molecule has 11 heavy (non-hydrogen) atoms. The van der Waals surface area contributed by atoms with Gasteiger partial charge in [0.1, 0.15) is 6.29 Å². The van der Waals surface area contributed by atoms with Crippen LogP contribution in [0, 0.1) is 0 Å². The third-order valence-corrected chi connectivity index (χ3v) is 1.46. The molecule has 1 unspecified atom stereocenters. The summed E-state index contributed by atoms with van der Waals surface area (Å²) in [4.78, 5) is 14.0. The molecule has 0 radical (unpaired) electrons. The summed E-state index contributed by atoms with van der Waals surface area (Å²) in [6.45, 7) is 0. The Morgan fingerprint density at radius 3 is 3.09 bits per heavy atom. The number of rotatable bonds is 3. The van der Waals surface area contributed by atoms with Gasteiger partial charge >= 0.3 is 0 Å². The van der Waals surface area contributed by atoms with E-state index in [9.17, 15) is 4.79 Å². The SMILES string of the molecule is NC(CC=O)c1cccnc1. The number of aldehydes is 1. The molecule has 0 spiro atoms. The van der Waals surface area contributed by atoms with Crippen LogP contribution in [0.2, 0.25) is 0 Å². The zero-order valence-corrected chi connectivity index (χ0v) is 6.10. The van der Waals surface area contributed by atoms with Crippen molar-refractivity contribution in [3.05, 3.63) is 30.1 Å². The van der Waals surface area contributed by atoms with Crippen LogP contribution in [0.5, 0.6) is 0 Å². The van der Waals surface area contributed by atoms with Gasteiger partial charge in [-0.3, -0.25) is 4.98 Å². The number of hydrogen-bond acceptors (Lipinski definition) is 3. The van der Waals surface area contributed by atoms with E-state index in [0.29, 0.717) is 6.42 Å². The molecule has 0 aliphatic heterocycles. The van der Waals surface area contributed by atoms with Gasteiger partial charge in [0.25, 0.3) is 0 Å². The molecule has 1 rings (SSSR count). The number of carbonyl (C=O) groups is 1. The Bertz CT molecular complexity index is 223. The van der Waals surface area contributed by atoms with Crippen molar-refractivity contribution in [1.82, 2.24) is 4.98 Å². The van der Waals surface area contributed by atoms with Crippen molar-refractivity contribution in [1.29, 1.82) is 0 Å². The zero-order valence-electron chi connectivity index (χ0n) is 6.10. The second kappa shape index (κ2) is 3.83. The van der Waals surface area contributed by atoms with E-state index >= 15 is 0 Å². The maximum absolute atomic E-state index is 10.1. The molecule has 0 fully saturated rings. The molecule has 0 amide bonds. The van der Waals surface area contributed by atoms with Gasteiger partial charge in [0, 0.05) is 24.9 Å². The highest BCUT2D eigenvalue weighted by molar-refractivity contribution is 5.51. The topological polar surface area (TPSA) is 56.0 Å². The van der Waals surface area contributed by atoms with E-state index in [-0.39, 0.29) is 6.04 Å². The Kier molecular flexibility index (Phi) is 2.74. The Balaban J connectivity index is 2.68. The Morgan fingerprint density at radius 1 is 1.73 bits per heavy atom. The van der Waals surface area contributed by atoms with Crippen LogP contribution in [0.25, 0.3) is 0 Å². The summed E-state index contributed by atoms with van der Waals surface area (Å²) in [5, 5.41) is 0. The van der Waals surface area contributed by atoms with Gasteiger partial charge in [-0.25, -0.2) is 0 Å². The number of nitrogens with two attached hydrogens (primary N) is 1. The van der Waals surface area contributed by atoms with Crippen molar-refractivity contribution in [2.45, 2.75) is 12.5 Å². The normalized spacial score (nSPS) is 12.5. The van der Waals surface area contributed by atoms with Gasteiger partial charge in [0.05, 0.1) is 0 Å². The summed E-state index contributed by atoms with van der Waals surface area (Å²) >= 11 is 0. The molecule has 1 heterocycles. The second-order valence-corrected chi connectivity index (χ2v) is 2.30. The first-order chi connectivity index (χ1) is 5.34. The van der Waals surface area contributed by atoms with Crippen LogP contribution in [-0.2, 0) is 4.79 Å². The van der Waals surface area contributed by atoms with Crippen LogP contribution in [-0.4, -0.2) is 11.3 Å². The number of carbonyl (C=O) groups excluding carboxylic acids is 1. The van der Waals surface area contributed by atoms with Gasteiger partial charge in [-0.05, 0) is 11.6 Å². The number of nitrogens with zero attached hydrogens (tertiary/aromatic N) is 1. The highest BCUT2D eigenvalue weighted by Crippen LogP contribution is 2.09. The van der Waals surface area contributed by atoms with E-state index in [2.05, 4.69) is 4.98 Å². The molecule has 0 saturated carbocycles. The lowest BCUT2D eigenvalue weighted by Crippen LogP contribution is -2.10. The zero-order chi connectivity index (χ0) is 8.10. The number of hydrogen-bond donors (Lipinski definition) is 1. The van der Waals surface area contributed by atoms with Crippen LogP contribution < -0.4 is 5.73 Å². The van der Waals surface area contributed by atoms with Crippen molar-refractivity contribution in [3.63, 3.8) is 0 Å². The van der Waals surface area contributed by atoms with Crippen molar-refractivity contribution in [2.24, 2.45) is 5.73 Å². The van der Waals surface area contributed by atoms with E-state index in [4.69, 9.17) is 5.73 Å². The summed E-state index contributed by atoms with van der Waals surface area (Å²) in [5.41, 5.74) is 6.54. The first-order valence-corrected chi connectivity index (χ1v) is 3.43. The van der Waals surface area contributed by atoms with Gasteiger partial charge in [-0.2, -0.15) is 0 Å². The molecule has 2 N–H and O–H groups in total. The summed E-state index contributed by atoms with van der Waals surface area (Å²) in [6, 6.07) is 3.46. The maximum atomic E-state index is 10.1. The standard InChI is InChI=1S/C8H10N2O/c9-8(3-5-11)7-2-1-4-10-6-7/h1-2,4-6,8H,3,9H2. The predicted octanol–water partition coefficient (Wildman–Crippen LogP) is 0.670. The van der Waals surface area contributed by atoms with Crippen LogP contribution in [0.4, 0.5) is 0 Å². The first-order valence-electron chi connectivity index (χ1n) is 3.43. The molecule has 58 valence electrons. The van der Waals surface area contributed by atoms with Crippen LogP contribution in [0.3, 0.4) is 0 Å². The number of pyridine rings is 1. The van der Waals surface area contributed by atoms with Crippen molar-refractivity contribution in [3.8, 4) is 0 Å². The maximum Gasteiger partial charge on any atom is 0.121 e. The smallest absolute Gasteiger partial charge is 0.121 e. The molecule has 0 aliphatic carbocycles. The molecule has 0 aromatic carbocycles. The highest BCUT2D eigenvalue weighted by Gasteiger charge is 2.02. The molecule has 0 aliphatic rings. The van der Waals surface area contributed by atoms with E-state index in [1.807, 2.05) is 6.07 Å². The minimum atomic E-state index is -0.207. The van der Waals surface area contributed by atoms with Crippen molar-refractivity contribution in [2.75, 3.05) is 0 Å². The van der Waals surface area contributed by atoms with E-state index in [0.717, 1.165) is 11.8 Å². The Morgan fingerprint density at radius 2 is 2.55 bits per heavy atom. The lowest BCUT2D eigenvalue weighted by Gasteiger charge is -2.05. The first kappa shape index (κ1) is 7.88. The lowest BCUT2D eigenvalue weighted by molar-refractivity contribution is -0.108. The van der Waals surface area contributed by atoms with Gasteiger partial charge in [-0.1, -0.05) is 6.07 Å². The van der Waals surface area contributed by atoms with E-state index in [1.54, 1.807) is 18.5 Å². The summed E-state index contributed by atoms with van der Waals surface area (Å²) in [7, 11) is 0. The molecule has 1 atom stereocenters. The summed E-state index contributed by atoms with van der Waals surface area (Å²) in [5.74, 6) is 0. The Hall–Kier alpha value is -1.22. The average Bonchev–Trinajstić information content (AvgIpc) is 2.07. The second-order valence-electron chi connectivity index (χ2n) is 2.30. The monoisotopic (exact) mass is 150 g/mol. The molecule has 3 heteroatoms. The van der Waals surface area contributed by atoms with Gasteiger partial charge < -0.3 is 10.5 Å². The quantitative estimate of drug-likeness (QED) is 0.644. The van der Waals surface area contributed by atoms with Gasteiger partial charge in [0.2, 0.25) is 0 Å². The van der Waals surface area contributed by atoms with Crippen LogP contribution in [0.15, 0.2) is 24.5 Å². The van der Waals surface area contributed by atoms with E-state index in [1.165, 1.54) is 0 Å². The third-order valence-electron chi connectivity index (χ3n) is 1.46. The highest BCUT2D eigenvalue weighted by atomic mass is 16.1. The van der Waals surface area contributed by atoms with Crippen molar-refractivity contribution >= 4 is 6.29 Å². The minimum absolute atomic E-state index is 0.207. The molecule has 1 aromatic heterocycles. The number of aromatic nitrogens is 1. The van der Waals surface area contributed by atoms with Crippen LogP contribution >= 0.6 is 0 Å². The lowest BCUT2D eigenvalue weighted by atomic mass is 10.1. The minimum Gasteiger partial charge on any atom is -0.324 e. The third kappa shape index (κ3) is 2.13. The molecular formula is C8H10N2O. The predicted molar refractivity (Wildman–Crippen MR) is 41.8 cm³/mol. The average molecular weight is 150 g/mol. The fraction of sp³-hybridized carbons (Fsp3) is 0.250. The summed E-state index contributed by atoms with van der Waals surface area (Å²) < 4.78 is 0. The van der Waals surface area contributed by atoms with Crippen molar-refractivity contribution < 1.29 is 4.79 Å². The summed E-state index contributed by atoms with van der Waals surface area (Å²) in [6.07, 6.45) is 4.52. The fourth-order valence-electron chi connectivity index (χ4n) is 0.835. The van der Waals surface area contributed by atoms with Crippen LogP contribution in [0.1, 0.15) is 18.0 Å². The van der Waals surface area contributed by atoms with Gasteiger partial charge in [0.15, 0.2) is 0 Å². The van der Waals surface area contributed by atoms with E-state index < -0.39 is 0 Å². The molecule has 3 nitrogen and oxygen atoms in total. The Labute approximate surface area is 65.2 Å². The van der Waals surface area contributed by atoms with Gasteiger partial charge in [-0.15, -0.1) is 0 Å². The molecule has 0 saturated heterocycles. The molecule has 1 aromatic rings. The molecule has 0 bridgehead atoms. The fourth-order valence-corrected chi connectivity index (χ4v) is 0.835. The largest absolute Gasteiger partial charge is 0.324 e.